The zero-order valence-corrected chi connectivity index (χ0v) is 15.8. The Labute approximate surface area is 158 Å². The van der Waals surface area contributed by atoms with Gasteiger partial charge in [0.2, 0.25) is 10.0 Å². The van der Waals surface area contributed by atoms with Gasteiger partial charge in [0.1, 0.15) is 5.82 Å². The Morgan fingerprint density at radius 2 is 1.81 bits per heavy atom. The van der Waals surface area contributed by atoms with Crippen LogP contribution in [0.4, 0.5) is 10.1 Å². The van der Waals surface area contributed by atoms with E-state index in [0.29, 0.717) is 18.9 Å². The fraction of sp³-hybridized carbons (Fsp3) is 0.316. The third-order valence-corrected chi connectivity index (χ3v) is 6.30. The molecule has 1 aliphatic rings. The maximum atomic E-state index is 14.2. The lowest BCUT2D eigenvalue weighted by Gasteiger charge is -2.26. The monoisotopic (exact) mass is 392 g/mol. The van der Waals surface area contributed by atoms with Crippen LogP contribution in [0.5, 0.6) is 0 Å². The van der Waals surface area contributed by atoms with Crippen molar-refractivity contribution >= 4 is 21.6 Å². The van der Waals surface area contributed by atoms with E-state index in [9.17, 15) is 17.6 Å². The number of carbonyl (C=O) groups is 1. The van der Waals surface area contributed by atoms with Gasteiger partial charge in [-0.3, -0.25) is 4.79 Å². The van der Waals surface area contributed by atoms with Gasteiger partial charge >= 0.3 is 0 Å². The van der Waals surface area contributed by atoms with E-state index in [4.69, 9.17) is 4.74 Å². The molecule has 0 unspecified atom stereocenters. The van der Waals surface area contributed by atoms with Crippen molar-refractivity contribution in [2.45, 2.75) is 18.2 Å². The summed E-state index contributed by atoms with van der Waals surface area (Å²) in [5.41, 5.74) is 1.31. The van der Waals surface area contributed by atoms with Crippen molar-refractivity contribution in [1.29, 1.82) is 0 Å². The molecule has 0 atom stereocenters. The second-order valence-corrected chi connectivity index (χ2v) is 8.10. The highest BCUT2D eigenvalue weighted by atomic mass is 32.2. The van der Waals surface area contributed by atoms with Gasteiger partial charge in [0, 0.05) is 18.8 Å². The number of morpholine rings is 1. The standard InChI is InChI=1S/C19H21FN2O4S/c1-2-14-3-5-15(6-4-14)21-19(23)17-13-16(7-8-18(17)20)27(24,25)22-9-11-26-12-10-22/h3-8,13H,2,9-12H2,1H3,(H,21,23). The Morgan fingerprint density at radius 1 is 1.15 bits per heavy atom. The third kappa shape index (κ3) is 4.35. The molecule has 1 heterocycles. The van der Waals surface area contributed by atoms with E-state index < -0.39 is 21.7 Å². The van der Waals surface area contributed by atoms with Crippen LogP contribution in [0.25, 0.3) is 0 Å². The second kappa shape index (κ2) is 8.16. The van der Waals surface area contributed by atoms with E-state index in [1.807, 2.05) is 19.1 Å². The first-order valence-electron chi connectivity index (χ1n) is 8.69. The number of nitrogens with one attached hydrogen (secondary N) is 1. The van der Waals surface area contributed by atoms with Crippen LogP contribution in [0.1, 0.15) is 22.8 Å². The number of sulfonamides is 1. The van der Waals surface area contributed by atoms with Gasteiger partial charge in [0.05, 0.1) is 23.7 Å². The maximum absolute atomic E-state index is 14.2. The molecule has 1 N–H and O–H groups in total. The van der Waals surface area contributed by atoms with Crippen LogP contribution in [0, 0.1) is 5.82 Å². The zero-order chi connectivity index (χ0) is 19.4. The Hall–Kier alpha value is -2.29. The molecule has 0 aromatic heterocycles. The smallest absolute Gasteiger partial charge is 0.258 e. The molecule has 27 heavy (non-hydrogen) atoms. The summed E-state index contributed by atoms with van der Waals surface area (Å²) in [6.45, 7) is 3.09. The molecule has 6 nitrogen and oxygen atoms in total. The van der Waals surface area contributed by atoms with E-state index in [1.165, 1.54) is 10.4 Å². The number of nitrogens with zero attached hydrogens (tertiary/aromatic N) is 1. The topological polar surface area (TPSA) is 75.7 Å². The summed E-state index contributed by atoms with van der Waals surface area (Å²) < 4.78 is 46.1. The molecule has 0 saturated carbocycles. The van der Waals surface area contributed by atoms with Crippen molar-refractivity contribution in [3.8, 4) is 0 Å². The number of halogens is 1. The molecule has 0 spiro atoms. The number of hydrogen-bond donors (Lipinski definition) is 1. The van der Waals surface area contributed by atoms with E-state index in [-0.39, 0.29) is 23.5 Å². The average molecular weight is 392 g/mol. The summed E-state index contributed by atoms with van der Waals surface area (Å²) in [5.74, 6) is -1.48. The fourth-order valence-electron chi connectivity index (χ4n) is 2.80. The molecule has 2 aromatic rings. The van der Waals surface area contributed by atoms with Crippen LogP contribution in [0.3, 0.4) is 0 Å². The average Bonchev–Trinajstić information content (AvgIpc) is 2.69. The van der Waals surface area contributed by atoms with E-state index in [1.54, 1.807) is 12.1 Å². The SMILES string of the molecule is CCc1ccc(NC(=O)c2cc(S(=O)(=O)N3CCOCC3)ccc2F)cc1. The minimum Gasteiger partial charge on any atom is -0.379 e. The summed E-state index contributed by atoms with van der Waals surface area (Å²) in [6, 6.07) is 10.4. The van der Waals surface area contributed by atoms with E-state index in [0.717, 1.165) is 24.1 Å². The van der Waals surface area contributed by atoms with Crippen molar-refractivity contribution < 1.29 is 22.3 Å². The Kier molecular flexibility index (Phi) is 5.88. The van der Waals surface area contributed by atoms with Crippen molar-refractivity contribution in [1.82, 2.24) is 4.31 Å². The van der Waals surface area contributed by atoms with Crippen LogP contribution in [-0.2, 0) is 21.2 Å². The predicted octanol–water partition coefficient (Wildman–Crippen LogP) is 2.66. The van der Waals surface area contributed by atoms with Gasteiger partial charge in [-0.1, -0.05) is 19.1 Å². The molecule has 1 amide bonds. The number of rotatable bonds is 5. The molecule has 8 heteroatoms. The van der Waals surface area contributed by atoms with Gasteiger partial charge in [0.25, 0.3) is 5.91 Å². The molecular formula is C19H21FN2O4S. The number of benzene rings is 2. The van der Waals surface area contributed by atoms with E-state index in [2.05, 4.69) is 5.32 Å². The maximum Gasteiger partial charge on any atom is 0.258 e. The normalized spacial score (nSPS) is 15.5. The first-order valence-corrected chi connectivity index (χ1v) is 10.1. The summed E-state index contributed by atoms with van der Waals surface area (Å²) >= 11 is 0. The summed E-state index contributed by atoms with van der Waals surface area (Å²) in [6.07, 6.45) is 0.865. The highest BCUT2D eigenvalue weighted by molar-refractivity contribution is 7.89. The van der Waals surface area contributed by atoms with Crippen LogP contribution >= 0.6 is 0 Å². The van der Waals surface area contributed by atoms with Crippen LogP contribution < -0.4 is 5.32 Å². The highest BCUT2D eigenvalue weighted by Crippen LogP contribution is 2.21. The van der Waals surface area contributed by atoms with Crippen molar-refractivity contribution in [2.75, 3.05) is 31.6 Å². The number of aryl methyl sites for hydroxylation is 1. The minimum atomic E-state index is -3.81. The summed E-state index contributed by atoms with van der Waals surface area (Å²) in [4.78, 5) is 12.4. The van der Waals surface area contributed by atoms with Crippen LogP contribution in [0.15, 0.2) is 47.4 Å². The molecule has 3 rings (SSSR count). The van der Waals surface area contributed by atoms with Crippen molar-refractivity contribution in [2.24, 2.45) is 0 Å². The largest absolute Gasteiger partial charge is 0.379 e. The molecule has 1 saturated heterocycles. The van der Waals surface area contributed by atoms with Gasteiger partial charge in [-0.05, 0) is 42.3 Å². The van der Waals surface area contributed by atoms with Crippen molar-refractivity contribution in [3.63, 3.8) is 0 Å². The number of anilines is 1. The third-order valence-electron chi connectivity index (χ3n) is 4.41. The lowest BCUT2D eigenvalue weighted by molar-refractivity contribution is 0.0730. The summed E-state index contributed by atoms with van der Waals surface area (Å²) in [7, 11) is -3.81. The number of amides is 1. The number of hydrogen-bond acceptors (Lipinski definition) is 4. The van der Waals surface area contributed by atoms with Gasteiger partial charge in [0.15, 0.2) is 0 Å². The molecule has 0 bridgehead atoms. The summed E-state index contributed by atoms with van der Waals surface area (Å²) in [5, 5.41) is 2.60. The molecule has 144 valence electrons. The molecule has 1 fully saturated rings. The van der Waals surface area contributed by atoms with Crippen LogP contribution in [0.2, 0.25) is 0 Å². The van der Waals surface area contributed by atoms with Gasteiger partial charge in [-0.25, -0.2) is 12.8 Å². The Morgan fingerprint density at radius 3 is 2.44 bits per heavy atom. The fourth-order valence-corrected chi connectivity index (χ4v) is 4.23. The van der Waals surface area contributed by atoms with Gasteiger partial charge < -0.3 is 10.1 Å². The van der Waals surface area contributed by atoms with Gasteiger partial charge in [-0.2, -0.15) is 4.31 Å². The predicted molar refractivity (Wildman–Crippen MR) is 99.8 cm³/mol. The zero-order valence-electron chi connectivity index (χ0n) is 14.9. The van der Waals surface area contributed by atoms with Crippen LogP contribution in [-0.4, -0.2) is 44.9 Å². The minimum absolute atomic E-state index is 0.114. The van der Waals surface area contributed by atoms with Crippen molar-refractivity contribution in [3.05, 3.63) is 59.4 Å². The lowest BCUT2D eigenvalue weighted by Crippen LogP contribution is -2.40. The quantitative estimate of drug-likeness (QED) is 0.849. The first-order chi connectivity index (χ1) is 12.9. The number of ether oxygens (including phenoxy) is 1. The van der Waals surface area contributed by atoms with Gasteiger partial charge in [-0.15, -0.1) is 0 Å². The molecule has 0 aliphatic carbocycles. The van der Waals surface area contributed by atoms with E-state index >= 15 is 0 Å². The second-order valence-electron chi connectivity index (χ2n) is 6.16. The molecule has 2 aromatic carbocycles. The lowest BCUT2D eigenvalue weighted by atomic mass is 10.1. The first kappa shape index (κ1) is 19.5. The molecule has 1 aliphatic heterocycles. The highest BCUT2D eigenvalue weighted by Gasteiger charge is 2.27. The Balaban J connectivity index is 1.84. The molecular weight excluding hydrogens is 371 g/mol. The molecule has 0 radical (unpaired) electrons. The Bertz CT molecular complexity index is 923. The number of carbonyl (C=O) groups excluding carboxylic acids is 1.